The fraction of sp³-hybridized carbons (Fsp3) is 0.600. The Labute approximate surface area is 111 Å². The number of carbonyl (C=O) groups is 1. The lowest BCUT2D eigenvalue weighted by molar-refractivity contribution is 0.0696. The number of carbonyl (C=O) groups excluding carboxylic acids is 1. The first-order valence-electron chi connectivity index (χ1n) is 5.89. The summed E-state index contributed by atoms with van der Waals surface area (Å²) in [7, 11) is -3.67. The highest BCUT2D eigenvalue weighted by Crippen LogP contribution is 2.14. The van der Waals surface area contributed by atoms with Crippen LogP contribution in [0, 0.1) is 13.8 Å². The van der Waals surface area contributed by atoms with Gasteiger partial charge in [-0.2, -0.15) is 17.8 Å². The van der Waals surface area contributed by atoms with Gasteiger partial charge in [-0.1, -0.05) is 0 Å². The van der Waals surface area contributed by atoms with E-state index in [2.05, 4.69) is 10.2 Å². The molecular formula is C10H17N5O3S. The summed E-state index contributed by atoms with van der Waals surface area (Å²) in [5.41, 5.74) is 1.93. The summed E-state index contributed by atoms with van der Waals surface area (Å²) in [6.45, 7) is 4.66. The van der Waals surface area contributed by atoms with Gasteiger partial charge >= 0.3 is 0 Å². The van der Waals surface area contributed by atoms with Crippen molar-refractivity contribution >= 4 is 16.1 Å². The normalized spacial score (nSPS) is 17.7. The summed E-state index contributed by atoms with van der Waals surface area (Å²) in [6, 6.07) is 0. The molecule has 1 saturated heterocycles. The van der Waals surface area contributed by atoms with Crippen LogP contribution in [-0.4, -0.2) is 59.9 Å². The molecule has 9 heteroatoms. The molecule has 0 atom stereocenters. The Hall–Kier alpha value is -1.45. The fourth-order valence-electron chi connectivity index (χ4n) is 2.17. The van der Waals surface area contributed by atoms with Crippen molar-refractivity contribution in [3.63, 3.8) is 0 Å². The Morgan fingerprint density at radius 3 is 2.26 bits per heavy atom. The summed E-state index contributed by atoms with van der Waals surface area (Å²) >= 11 is 0. The molecule has 19 heavy (non-hydrogen) atoms. The smallest absolute Gasteiger partial charge is 0.277 e. The average molecular weight is 287 g/mol. The zero-order chi connectivity index (χ0) is 14.2. The van der Waals surface area contributed by atoms with Crippen LogP contribution in [0.25, 0.3) is 0 Å². The SMILES string of the molecule is Cc1n[nH]c(C)c1C(=O)N1CCN(S(N)(=O)=O)CC1. The first-order chi connectivity index (χ1) is 8.80. The predicted molar refractivity (Wildman–Crippen MR) is 68.6 cm³/mol. The lowest BCUT2D eigenvalue weighted by Gasteiger charge is -2.32. The van der Waals surface area contributed by atoms with Crippen molar-refractivity contribution in [2.45, 2.75) is 13.8 Å². The van der Waals surface area contributed by atoms with E-state index in [1.54, 1.807) is 18.7 Å². The van der Waals surface area contributed by atoms with Crippen molar-refractivity contribution < 1.29 is 13.2 Å². The molecule has 0 saturated carbocycles. The van der Waals surface area contributed by atoms with Crippen LogP contribution < -0.4 is 5.14 Å². The summed E-state index contributed by atoms with van der Waals surface area (Å²) in [5.74, 6) is -0.127. The van der Waals surface area contributed by atoms with Gasteiger partial charge in [0.25, 0.3) is 16.1 Å². The summed E-state index contributed by atoms with van der Waals surface area (Å²) < 4.78 is 23.5. The minimum atomic E-state index is -3.67. The molecule has 2 rings (SSSR count). The summed E-state index contributed by atoms with van der Waals surface area (Å²) in [5, 5.41) is 11.8. The van der Waals surface area contributed by atoms with Gasteiger partial charge in [0.2, 0.25) is 0 Å². The Kier molecular flexibility index (Phi) is 3.61. The van der Waals surface area contributed by atoms with Crippen LogP contribution in [0.4, 0.5) is 0 Å². The van der Waals surface area contributed by atoms with E-state index in [9.17, 15) is 13.2 Å². The first kappa shape index (κ1) is 14.0. The number of hydrogen-bond acceptors (Lipinski definition) is 4. The maximum atomic E-state index is 12.3. The molecule has 1 fully saturated rings. The molecular weight excluding hydrogens is 270 g/mol. The zero-order valence-corrected chi connectivity index (χ0v) is 11.7. The highest BCUT2D eigenvalue weighted by molar-refractivity contribution is 7.86. The summed E-state index contributed by atoms with van der Waals surface area (Å²) in [4.78, 5) is 13.9. The molecule has 106 valence electrons. The van der Waals surface area contributed by atoms with Crippen LogP contribution in [0.3, 0.4) is 0 Å². The number of hydrogen-bond donors (Lipinski definition) is 2. The number of H-pyrrole nitrogens is 1. The number of piperazine rings is 1. The van der Waals surface area contributed by atoms with Crippen LogP contribution in [0.5, 0.6) is 0 Å². The monoisotopic (exact) mass is 287 g/mol. The van der Waals surface area contributed by atoms with Crippen molar-refractivity contribution in [3.05, 3.63) is 17.0 Å². The first-order valence-corrected chi connectivity index (χ1v) is 7.39. The Balaban J connectivity index is 2.09. The molecule has 0 aromatic carbocycles. The van der Waals surface area contributed by atoms with E-state index < -0.39 is 10.2 Å². The lowest BCUT2D eigenvalue weighted by atomic mass is 10.1. The van der Waals surface area contributed by atoms with E-state index in [1.807, 2.05) is 0 Å². The van der Waals surface area contributed by atoms with E-state index in [4.69, 9.17) is 5.14 Å². The standard InChI is InChI=1S/C10H17N5O3S/c1-7-9(8(2)13-12-7)10(16)14-3-5-15(6-4-14)19(11,17)18/h3-6H2,1-2H3,(H,12,13)(H2,11,17,18). The van der Waals surface area contributed by atoms with E-state index in [0.29, 0.717) is 24.3 Å². The molecule has 0 unspecified atom stereocenters. The molecule has 0 aliphatic carbocycles. The van der Waals surface area contributed by atoms with Crippen LogP contribution in [0.2, 0.25) is 0 Å². The topological polar surface area (TPSA) is 112 Å². The second-order valence-corrected chi connectivity index (χ2v) is 6.09. The molecule has 1 aliphatic rings. The fourth-order valence-corrected chi connectivity index (χ4v) is 2.84. The second kappa shape index (κ2) is 4.91. The van der Waals surface area contributed by atoms with Gasteiger partial charge < -0.3 is 4.90 Å². The number of rotatable bonds is 2. The van der Waals surface area contributed by atoms with Crippen molar-refractivity contribution in [1.29, 1.82) is 0 Å². The predicted octanol–water partition coefficient (Wildman–Crippen LogP) is -1.01. The third-order valence-corrected chi connectivity index (χ3v) is 4.31. The maximum absolute atomic E-state index is 12.3. The van der Waals surface area contributed by atoms with Gasteiger partial charge in [0.05, 0.1) is 11.3 Å². The van der Waals surface area contributed by atoms with E-state index in [1.165, 1.54) is 4.31 Å². The average Bonchev–Trinajstić information content (AvgIpc) is 2.67. The second-order valence-electron chi connectivity index (χ2n) is 4.55. The number of nitrogens with one attached hydrogen (secondary N) is 1. The molecule has 3 N–H and O–H groups in total. The van der Waals surface area contributed by atoms with Crippen LogP contribution >= 0.6 is 0 Å². The summed E-state index contributed by atoms with van der Waals surface area (Å²) in [6.07, 6.45) is 0. The third-order valence-electron chi connectivity index (χ3n) is 3.23. The molecule has 1 aromatic rings. The number of aromatic amines is 1. The minimum absolute atomic E-state index is 0.127. The van der Waals surface area contributed by atoms with E-state index in [0.717, 1.165) is 5.69 Å². The minimum Gasteiger partial charge on any atom is -0.336 e. The van der Waals surface area contributed by atoms with Crippen molar-refractivity contribution in [2.24, 2.45) is 5.14 Å². The molecule has 0 spiro atoms. The molecule has 1 aliphatic heterocycles. The van der Waals surface area contributed by atoms with Crippen molar-refractivity contribution in [2.75, 3.05) is 26.2 Å². The Morgan fingerprint density at radius 1 is 1.26 bits per heavy atom. The van der Waals surface area contributed by atoms with Gasteiger partial charge in [0.15, 0.2) is 0 Å². The van der Waals surface area contributed by atoms with Crippen LogP contribution in [0.1, 0.15) is 21.7 Å². The van der Waals surface area contributed by atoms with Crippen LogP contribution in [0.15, 0.2) is 0 Å². The highest BCUT2D eigenvalue weighted by Gasteiger charge is 2.28. The molecule has 1 aromatic heterocycles. The molecule has 8 nitrogen and oxygen atoms in total. The van der Waals surface area contributed by atoms with Gasteiger partial charge in [-0.05, 0) is 13.8 Å². The number of aryl methyl sites for hydroxylation is 2. The Bertz CT molecular complexity index is 567. The largest absolute Gasteiger partial charge is 0.336 e. The number of nitrogens with zero attached hydrogens (tertiary/aromatic N) is 3. The zero-order valence-electron chi connectivity index (χ0n) is 10.9. The van der Waals surface area contributed by atoms with Crippen molar-refractivity contribution in [3.8, 4) is 0 Å². The number of nitrogens with two attached hydrogens (primary N) is 1. The Morgan fingerprint density at radius 2 is 1.84 bits per heavy atom. The van der Waals surface area contributed by atoms with Gasteiger partial charge in [0.1, 0.15) is 0 Å². The van der Waals surface area contributed by atoms with E-state index in [-0.39, 0.29) is 19.0 Å². The molecule has 0 bridgehead atoms. The van der Waals surface area contributed by atoms with Gasteiger partial charge in [-0.15, -0.1) is 0 Å². The number of aromatic nitrogens is 2. The molecule has 0 radical (unpaired) electrons. The van der Waals surface area contributed by atoms with Gasteiger partial charge in [-0.25, -0.2) is 5.14 Å². The highest BCUT2D eigenvalue weighted by atomic mass is 32.2. The van der Waals surface area contributed by atoms with Gasteiger partial charge in [-0.3, -0.25) is 9.89 Å². The van der Waals surface area contributed by atoms with E-state index >= 15 is 0 Å². The molecule has 1 amide bonds. The van der Waals surface area contributed by atoms with Crippen LogP contribution in [-0.2, 0) is 10.2 Å². The number of amides is 1. The molecule has 2 heterocycles. The van der Waals surface area contributed by atoms with Crippen molar-refractivity contribution in [1.82, 2.24) is 19.4 Å². The maximum Gasteiger partial charge on any atom is 0.277 e. The third kappa shape index (κ3) is 2.77. The lowest BCUT2D eigenvalue weighted by Crippen LogP contribution is -2.52. The van der Waals surface area contributed by atoms with Gasteiger partial charge in [0, 0.05) is 31.9 Å². The quantitative estimate of drug-likeness (QED) is 0.725.